The molecule has 1 aromatic rings. The molecule has 6 heteroatoms. The average Bonchev–Trinajstić information content (AvgIpc) is 2.63. The number of aromatic nitrogens is 2. The van der Waals surface area contributed by atoms with Gasteiger partial charge in [0, 0.05) is 18.6 Å². The van der Waals surface area contributed by atoms with Gasteiger partial charge in [0.05, 0.1) is 6.20 Å². The van der Waals surface area contributed by atoms with Gasteiger partial charge in [-0.25, -0.2) is 9.37 Å². The van der Waals surface area contributed by atoms with Crippen LogP contribution in [0.2, 0.25) is 5.28 Å². The van der Waals surface area contributed by atoms with Crippen molar-refractivity contribution in [3.63, 3.8) is 0 Å². The molecule has 2 fully saturated rings. The van der Waals surface area contributed by atoms with Crippen molar-refractivity contribution in [3.8, 4) is 0 Å². The van der Waals surface area contributed by atoms with Crippen molar-refractivity contribution in [2.45, 2.75) is 37.8 Å². The molecular formula is C13H18ClFN4. The zero-order valence-electron chi connectivity index (χ0n) is 10.9. The summed E-state index contributed by atoms with van der Waals surface area (Å²) in [5, 5.41) is 3.15. The Hall–Kier alpha value is -0.940. The normalized spacial score (nSPS) is 30.6. The van der Waals surface area contributed by atoms with Crippen LogP contribution >= 0.6 is 11.6 Å². The van der Waals surface area contributed by atoms with E-state index in [0.717, 1.165) is 12.7 Å². The molecule has 0 saturated carbocycles. The molecule has 0 amide bonds. The largest absolute Gasteiger partial charge is 0.367 e. The van der Waals surface area contributed by atoms with Crippen molar-refractivity contribution in [1.29, 1.82) is 0 Å². The van der Waals surface area contributed by atoms with Gasteiger partial charge in [-0.3, -0.25) is 0 Å². The third-order valence-electron chi connectivity index (χ3n) is 4.47. The first kappa shape index (κ1) is 13.1. The Morgan fingerprint density at radius 1 is 1.42 bits per heavy atom. The highest BCUT2D eigenvalue weighted by Gasteiger charge is 2.38. The van der Waals surface area contributed by atoms with E-state index in [4.69, 9.17) is 11.6 Å². The van der Waals surface area contributed by atoms with Crippen LogP contribution in [0.15, 0.2) is 6.20 Å². The minimum Gasteiger partial charge on any atom is -0.367 e. The second-order valence-electron chi connectivity index (χ2n) is 5.60. The number of nitrogens with zero attached hydrogens (tertiary/aromatic N) is 3. The number of anilines is 1. The third-order valence-corrected chi connectivity index (χ3v) is 4.65. The van der Waals surface area contributed by atoms with E-state index in [0.29, 0.717) is 18.0 Å². The predicted molar refractivity (Wildman–Crippen MR) is 72.8 cm³/mol. The third kappa shape index (κ3) is 2.67. The van der Waals surface area contributed by atoms with Gasteiger partial charge in [-0.1, -0.05) is 0 Å². The summed E-state index contributed by atoms with van der Waals surface area (Å²) in [6.45, 7) is 0.755. The van der Waals surface area contributed by atoms with Crippen molar-refractivity contribution in [3.05, 3.63) is 17.3 Å². The Balaban J connectivity index is 1.60. The highest BCUT2D eigenvalue weighted by atomic mass is 35.5. The van der Waals surface area contributed by atoms with Gasteiger partial charge in [0.2, 0.25) is 5.28 Å². The lowest BCUT2D eigenvalue weighted by atomic mass is 9.91. The summed E-state index contributed by atoms with van der Waals surface area (Å²) in [7, 11) is 2.22. The topological polar surface area (TPSA) is 41.0 Å². The van der Waals surface area contributed by atoms with Crippen molar-refractivity contribution < 1.29 is 4.39 Å². The lowest BCUT2D eigenvalue weighted by molar-refractivity contribution is 0.139. The number of hydrogen-bond acceptors (Lipinski definition) is 4. The molecule has 3 rings (SSSR count). The van der Waals surface area contributed by atoms with Gasteiger partial charge in [-0.2, -0.15) is 4.98 Å². The van der Waals surface area contributed by atoms with E-state index in [1.54, 1.807) is 0 Å². The molecule has 1 aromatic heterocycles. The van der Waals surface area contributed by atoms with E-state index in [2.05, 4.69) is 27.2 Å². The van der Waals surface area contributed by atoms with Gasteiger partial charge < -0.3 is 10.2 Å². The maximum Gasteiger partial charge on any atom is 0.224 e. The second kappa shape index (κ2) is 5.21. The maximum atomic E-state index is 13.5. The molecule has 2 bridgehead atoms. The fourth-order valence-corrected chi connectivity index (χ4v) is 3.53. The van der Waals surface area contributed by atoms with Crippen LogP contribution in [-0.2, 0) is 0 Å². The number of rotatable bonds is 3. The first-order chi connectivity index (χ1) is 9.13. The highest BCUT2D eigenvalue weighted by molar-refractivity contribution is 6.28. The van der Waals surface area contributed by atoms with Crippen LogP contribution < -0.4 is 5.32 Å². The Morgan fingerprint density at radius 3 is 2.79 bits per heavy atom. The molecule has 104 valence electrons. The predicted octanol–water partition coefficient (Wildman–Crippen LogP) is 2.55. The summed E-state index contributed by atoms with van der Waals surface area (Å²) in [6, 6.07) is 1.40. The Kier molecular flexibility index (Phi) is 3.58. The molecule has 2 aliphatic rings. The van der Waals surface area contributed by atoms with Crippen LogP contribution in [0.4, 0.5) is 10.2 Å². The van der Waals surface area contributed by atoms with Crippen molar-refractivity contribution in [1.82, 2.24) is 14.9 Å². The number of fused-ring (bicyclic) bond motifs is 2. The van der Waals surface area contributed by atoms with Crippen LogP contribution in [-0.4, -0.2) is 40.5 Å². The molecule has 0 aliphatic carbocycles. The SMILES string of the molecule is CN1C2CCC1CC(CNc1nc(Cl)ncc1F)C2. The summed E-state index contributed by atoms with van der Waals surface area (Å²) in [5.74, 6) is 0.355. The van der Waals surface area contributed by atoms with Gasteiger partial charge in [0.25, 0.3) is 0 Å². The maximum absolute atomic E-state index is 13.5. The van der Waals surface area contributed by atoms with Crippen LogP contribution in [0.1, 0.15) is 25.7 Å². The molecule has 0 aromatic carbocycles. The first-order valence-electron chi connectivity index (χ1n) is 6.77. The van der Waals surface area contributed by atoms with E-state index in [1.165, 1.54) is 25.7 Å². The standard InChI is InChI=1S/C13H18ClFN4/c1-19-9-2-3-10(19)5-8(4-9)6-16-12-11(15)7-17-13(14)18-12/h7-10H,2-6H2,1H3,(H,16,17,18). The molecule has 19 heavy (non-hydrogen) atoms. The minimum atomic E-state index is -0.444. The average molecular weight is 285 g/mol. The van der Waals surface area contributed by atoms with Gasteiger partial charge in [0.15, 0.2) is 11.6 Å². The molecule has 2 aliphatic heterocycles. The van der Waals surface area contributed by atoms with Crippen molar-refractivity contribution in [2.24, 2.45) is 5.92 Å². The zero-order chi connectivity index (χ0) is 13.4. The van der Waals surface area contributed by atoms with Gasteiger partial charge >= 0.3 is 0 Å². The van der Waals surface area contributed by atoms with E-state index in [1.807, 2.05) is 0 Å². The number of hydrogen-bond donors (Lipinski definition) is 1. The van der Waals surface area contributed by atoms with Gasteiger partial charge in [0.1, 0.15) is 0 Å². The molecule has 0 radical (unpaired) electrons. The van der Waals surface area contributed by atoms with Crippen LogP contribution in [0.25, 0.3) is 0 Å². The van der Waals surface area contributed by atoms with E-state index < -0.39 is 5.82 Å². The van der Waals surface area contributed by atoms with E-state index >= 15 is 0 Å². The molecule has 2 unspecified atom stereocenters. The lowest BCUT2D eigenvalue weighted by Gasteiger charge is -2.36. The Labute approximate surface area is 117 Å². The summed E-state index contributed by atoms with van der Waals surface area (Å²) in [4.78, 5) is 9.99. The van der Waals surface area contributed by atoms with Gasteiger partial charge in [-0.05, 0) is 50.2 Å². The fraction of sp³-hybridized carbons (Fsp3) is 0.692. The van der Waals surface area contributed by atoms with Crippen molar-refractivity contribution in [2.75, 3.05) is 18.9 Å². The molecule has 2 saturated heterocycles. The molecule has 3 heterocycles. The summed E-state index contributed by atoms with van der Waals surface area (Å²) in [5.41, 5.74) is 0. The molecular weight excluding hydrogens is 267 g/mol. The monoisotopic (exact) mass is 284 g/mol. The summed E-state index contributed by atoms with van der Waals surface area (Å²) < 4.78 is 13.5. The summed E-state index contributed by atoms with van der Waals surface area (Å²) in [6.07, 6.45) is 6.06. The van der Waals surface area contributed by atoms with E-state index in [9.17, 15) is 4.39 Å². The first-order valence-corrected chi connectivity index (χ1v) is 7.15. The number of nitrogens with one attached hydrogen (secondary N) is 1. The highest BCUT2D eigenvalue weighted by Crippen LogP contribution is 2.37. The molecule has 0 spiro atoms. The zero-order valence-corrected chi connectivity index (χ0v) is 11.7. The second-order valence-corrected chi connectivity index (χ2v) is 5.94. The fourth-order valence-electron chi connectivity index (χ4n) is 3.40. The molecule has 2 atom stereocenters. The van der Waals surface area contributed by atoms with Crippen molar-refractivity contribution >= 4 is 17.4 Å². The molecule has 4 nitrogen and oxygen atoms in total. The van der Waals surface area contributed by atoms with Crippen LogP contribution in [0, 0.1) is 11.7 Å². The minimum absolute atomic E-state index is 0.0762. The summed E-state index contributed by atoms with van der Waals surface area (Å²) >= 11 is 5.68. The molecule has 1 N–H and O–H groups in total. The Bertz CT molecular complexity index is 456. The number of halogens is 2. The lowest BCUT2D eigenvalue weighted by Crippen LogP contribution is -2.41. The van der Waals surface area contributed by atoms with Crippen LogP contribution in [0.3, 0.4) is 0 Å². The smallest absolute Gasteiger partial charge is 0.224 e. The quantitative estimate of drug-likeness (QED) is 0.866. The van der Waals surface area contributed by atoms with E-state index in [-0.39, 0.29) is 11.1 Å². The number of piperidine rings is 1. The van der Waals surface area contributed by atoms with Gasteiger partial charge in [-0.15, -0.1) is 0 Å². The Morgan fingerprint density at radius 2 is 2.11 bits per heavy atom. The van der Waals surface area contributed by atoms with Crippen LogP contribution in [0.5, 0.6) is 0 Å².